The first-order valence-electron chi connectivity index (χ1n) is 4.34. The minimum atomic E-state index is 0.561. The molecule has 1 fully saturated rings. The monoisotopic (exact) mass is 162 g/mol. The van der Waals surface area contributed by atoms with E-state index in [4.69, 9.17) is 0 Å². The van der Waals surface area contributed by atoms with Crippen LogP contribution in [0.25, 0.3) is 0 Å². The lowest BCUT2D eigenvalue weighted by molar-refractivity contribution is 0.322. The van der Waals surface area contributed by atoms with E-state index in [9.17, 15) is 0 Å². The van der Waals surface area contributed by atoms with Crippen molar-refractivity contribution in [1.82, 2.24) is 10.2 Å². The summed E-state index contributed by atoms with van der Waals surface area (Å²) in [6.45, 7) is 2.07. The highest BCUT2D eigenvalue weighted by molar-refractivity contribution is 5.20. The van der Waals surface area contributed by atoms with E-state index in [0.717, 1.165) is 13.2 Å². The van der Waals surface area contributed by atoms with E-state index in [1.54, 1.807) is 0 Å². The maximum atomic E-state index is 3.35. The van der Waals surface area contributed by atoms with Gasteiger partial charge in [-0.2, -0.15) is 0 Å². The molecule has 1 heterocycles. The van der Waals surface area contributed by atoms with E-state index in [2.05, 4.69) is 47.6 Å². The Labute approximate surface area is 73.2 Å². The summed E-state index contributed by atoms with van der Waals surface area (Å²) < 4.78 is 0. The molecule has 0 spiro atoms. The predicted octanol–water partition coefficient (Wildman–Crippen LogP) is 1.22. The first kappa shape index (κ1) is 7.77. The Morgan fingerprint density at radius 2 is 2.08 bits per heavy atom. The van der Waals surface area contributed by atoms with Crippen LogP contribution in [0.1, 0.15) is 11.6 Å². The van der Waals surface area contributed by atoms with Crippen LogP contribution in [0.15, 0.2) is 30.3 Å². The average molecular weight is 162 g/mol. The van der Waals surface area contributed by atoms with Crippen LogP contribution in [0, 0.1) is 0 Å². The SMILES string of the molecule is CN1CNCC1c1ccccc1. The van der Waals surface area contributed by atoms with Gasteiger partial charge in [0.15, 0.2) is 0 Å². The molecule has 1 N–H and O–H groups in total. The fourth-order valence-corrected chi connectivity index (χ4v) is 1.69. The summed E-state index contributed by atoms with van der Waals surface area (Å²) in [5.74, 6) is 0. The lowest BCUT2D eigenvalue weighted by Gasteiger charge is -2.17. The van der Waals surface area contributed by atoms with E-state index in [1.807, 2.05) is 0 Å². The van der Waals surface area contributed by atoms with E-state index >= 15 is 0 Å². The van der Waals surface area contributed by atoms with E-state index in [-0.39, 0.29) is 0 Å². The van der Waals surface area contributed by atoms with Crippen molar-refractivity contribution in [1.29, 1.82) is 0 Å². The smallest absolute Gasteiger partial charge is 0.0484 e. The first-order valence-corrected chi connectivity index (χ1v) is 4.34. The molecule has 1 atom stereocenters. The highest BCUT2D eigenvalue weighted by Gasteiger charge is 2.21. The topological polar surface area (TPSA) is 15.3 Å². The third kappa shape index (κ3) is 1.36. The van der Waals surface area contributed by atoms with Gasteiger partial charge in [0.25, 0.3) is 0 Å². The maximum Gasteiger partial charge on any atom is 0.0484 e. The van der Waals surface area contributed by atoms with Crippen molar-refractivity contribution in [2.45, 2.75) is 6.04 Å². The van der Waals surface area contributed by atoms with Crippen LogP contribution in [0.5, 0.6) is 0 Å². The lowest BCUT2D eigenvalue weighted by Crippen LogP contribution is -2.19. The van der Waals surface area contributed by atoms with Crippen molar-refractivity contribution in [3.8, 4) is 0 Å². The van der Waals surface area contributed by atoms with Gasteiger partial charge in [-0.1, -0.05) is 30.3 Å². The first-order chi connectivity index (χ1) is 5.88. The second kappa shape index (κ2) is 3.25. The number of rotatable bonds is 1. The van der Waals surface area contributed by atoms with Gasteiger partial charge in [0.2, 0.25) is 0 Å². The Morgan fingerprint density at radius 1 is 1.33 bits per heavy atom. The molecule has 0 amide bonds. The van der Waals surface area contributed by atoms with Gasteiger partial charge in [0, 0.05) is 19.3 Å². The number of nitrogens with one attached hydrogen (secondary N) is 1. The zero-order valence-corrected chi connectivity index (χ0v) is 7.33. The fraction of sp³-hybridized carbons (Fsp3) is 0.400. The third-order valence-corrected chi connectivity index (χ3v) is 2.42. The van der Waals surface area contributed by atoms with Crippen molar-refractivity contribution in [3.05, 3.63) is 35.9 Å². The van der Waals surface area contributed by atoms with Crippen molar-refractivity contribution in [3.63, 3.8) is 0 Å². The summed E-state index contributed by atoms with van der Waals surface area (Å²) in [7, 11) is 2.15. The summed E-state index contributed by atoms with van der Waals surface area (Å²) in [6, 6.07) is 11.2. The highest BCUT2D eigenvalue weighted by Crippen LogP contribution is 2.20. The lowest BCUT2D eigenvalue weighted by atomic mass is 10.1. The summed E-state index contributed by atoms with van der Waals surface area (Å²) in [5.41, 5.74) is 1.41. The van der Waals surface area contributed by atoms with E-state index in [0.29, 0.717) is 6.04 Å². The van der Waals surface area contributed by atoms with Gasteiger partial charge >= 0.3 is 0 Å². The number of likely N-dealkylation sites (N-methyl/N-ethyl adjacent to an activating group) is 1. The largest absolute Gasteiger partial charge is 0.302 e. The van der Waals surface area contributed by atoms with E-state index in [1.165, 1.54) is 5.56 Å². The van der Waals surface area contributed by atoms with Gasteiger partial charge in [0.1, 0.15) is 0 Å². The van der Waals surface area contributed by atoms with Crippen molar-refractivity contribution in [2.24, 2.45) is 0 Å². The van der Waals surface area contributed by atoms with Crippen molar-refractivity contribution >= 4 is 0 Å². The van der Waals surface area contributed by atoms with Crippen LogP contribution in [-0.4, -0.2) is 25.2 Å². The Bertz CT molecular complexity index is 245. The molecule has 1 aromatic rings. The molecule has 1 aliphatic heterocycles. The molecule has 1 unspecified atom stereocenters. The van der Waals surface area contributed by atoms with Crippen LogP contribution in [-0.2, 0) is 0 Å². The van der Waals surface area contributed by atoms with Gasteiger partial charge in [0.05, 0.1) is 0 Å². The number of hydrogen-bond donors (Lipinski definition) is 1. The van der Waals surface area contributed by atoms with E-state index < -0.39 is 0 Å². The average Bonchev–Trinajstić information content (AvgIpc) is 2.53. The van der Waals surface area contributed by atoms with Crippen LogP contribution >= 0.6 is 0 Å². The van der Waals surface area contributed by atoms with Gasteiger partial charge in [-0.3, -0.25) is 4.90 Å². The van der Waals surface area contributed by atoms with Crippen LogP contribution < -0.4 is 5.32 Å². The van der Waals surface area contributed by atoms with Crippen LogP contribution in [0.4, 0.5) is 0 Å². The molecule has 0 saturated carbocycles. The van der Waals surface area contributed by atoms with Crippen molar-refractivity contribution in [2.75, 3.05) is 20.3 Å². The summed E-state index contributed by atoms with van der Waals surface area (Å²) >= 11 is 0. The van der Waals surface area contributed by atoms with Crippen molar-refractivity contribution < 1.29 is 0 Å². The minimum absolute atomic E-state index is 0.561. The predicted molar refractivity (Wildman–Crippen MR) is 49.8 cm³/mol. The molecular weight excluding hydrogens is 148 g/mol. The van der Waals surface area contributed by atoms with Crippen LogP contribution in [0.3, 0.4) is 0 Å². The third-order valence-electron chi connectivity index (χ3n) is 2.42. The standard InChI is InChI=1S/C10H14N2/c1-12-8-11-7-10(12)9-5-3-2-4-6-9/h2-6,10-11H,7-8H2,1H3. The molecule has 0 bridgehead atoms. The van der Waals surface area contributed by atoms with Gasteiger partial charge in [-0.05, 0) is 12.6 Å². The van der Waals surface area contributed by atoms with Crippen LogP contribution in [0.2, 0.25) is 0 Å². The molecule has 0 radical (unpaired) electrons. The number of hydrogen-bond acceptors (Lipinski definition) is 2. The molecular formula is C10H14N2. The normalized spacial score (nSPS) is 24.6. The van der Waals surface area contributed by atoms with Gasteiger partial charge in [-0.15, -0.1) is 0 Å². The summed E-state index contributed by atoms with van der Waals surface area (Å²) in [4.78, 5) is 2.33. The number of benzene rings is 1. The molecule has 1 aliphatic rings. The Balaban J connectivity index is 2.19. The molecule has 12 heavy (non-hydrogen) atoms. The number of nitrogens with zero attached hydrogens (tertiary/aromatic N) is 1. The zero-order valence-electron chi connectivity index (χ0n) is 7.33. The quantitative estimate of drug-likeness (QED) is 0.668. The zero-order chi connectivity index (χ0) is 8.39. The van der Waals surface area contributed by atoms with Gasteiger partial charge in [-0.25, -0.2) is 0 Å². The molecule has 64 valence electrons. The molecule has 2 heteroatoms. The maximum absolute atomic E-state index is 3.35. The summed E-state index contributed by atoms with van der Waals surface area (Å²) in [5, 5.41) is 3.35. The second-order valence-corrected chi connectivity index (χ2v) is 3.30. The van der Waals surface area contributed by atoms with Gasteiger partial charge < -0.3 is 5.32 Å². The molecule has 2 nitrogen and oxygen atoms in total. The Morgan fingerprint density at radius 3 is 2.67 bits per heavy atom. The highest BCUT2D eigenvalue weighted by atomic mass is 15.3. The Kier molecular flexibility index (Phi) is 2.11. The summed E-state index contributed by atoms with van der Waals surface area (Å²) in [6.07, 6.45) is 0. The minimum Gasteiger partial charge on any atom is -0.302 e. The molecule has 0 aliphatic carbocycles. The second-order valence-electron chi connectivity index (χ2n) is 3.30. The molecule has 1 aromatic carbocycles. The molecule has 2 rings (SSSR count). The molecule has 1 saturated heterocycles. The fourth-order valence-electron chi connectivity index (χ4n) is 1.69. The Hall–Kier alpha value is -0.860. The molecule has 0 aromatic heterocycles.